The summed E-state index contributed by atoms with van der Waals surface area (Å²) >= 11 is 0. The molecule has 0 unspecified atom stereocenters. The lowest BCUT2D eigenvalue weighted by molar-refractivity contribution is -0.0643. The van der Waals surface area contributed by atoms with Gasteiger partial charge in [0.2, 0.25) is 5.60 Å². The Morgan fingerprint density at radius 3 is 2.90 bits per heavy atom. The molecule has 0 aliphatic carbocycles. The van der Waals surface area contributed by atoms with Crippen LogP contribution in [0.5, 0.6) is 0 Å². The van der Waals surface area contributed by atoms with Gasteiger partial charge in [-0.05, 0) is 12.1 Å². The second-order valence-corrected chi connectivity index (χ2v) is 4.78. The quantitative estimate of drug-likeness (QED) is 0.503. The van der Waals surface area contributed by atoms with Gasteiger partial charge in [0.1, 0.15) is 36.2 Å². The summed E-state index contributed by atoms with van der Waals surface area (Å²) in [5, 5.41) is 42.8. The first-order chi connectivity index (χ1) is 10.0. The fourth-order valence-electron chi connectivity index (χ4n) is 2.56. The van der Waals surface area contributed by atoms with E-state index in [-0.39, 0.29) is 11.5 Å². The Kier molecular flexibility index (Phi) is 3.03. The fourth-order valence-corrected chi connectivity index (χ4v) is 2.56. The number of aliphatic hydroxyl groups excluding tert-OH is 3. The van der Waals surface area contributed by atoms with Gasteiger partial charge in [0.25, 0.3) is 0 Å². The maximum absolute atomic E-state index is 10.2. The van der Waals surface area contributed by atoms with Gasteiger partial charge >= 0.3 is 0 Å². The van der Waals surface area contributed by atoms with Crippen molar-refractivity contribution >= 4 is 11.3 Å². The molecule has 1 saturated heterocycles. The first kappa shape index (κ1) is 13.7. The molecule has 3 heterocycles. The number of nitrogens with zero attached hydrogens (tertiary/aromatic N) is 4. The maximum Gasteiger partial charge on any atom is 0.225 e. The second-order valence-electron chi connectivity index (χ2n) is 4.78. The molecule has 1 fully saturated rings. The van der Waals surface area contributed by atoms with Crippen LogP contribution in [0.4, 0.5) is 5.82 Å². The SMILES string of the molecule is N#C[C@@]1(c2ccc3[14c](N)ncnn23)O[C@H](CO)[C@@H](O)[C@H]1O. The number of aliphatic hydroxyl groups is 3. The van der Waals surface area contributed by atoms with E-state index >= 15 is 0 Å². The summed E-state index contributed by atoms with van der Waals surface area (Å²) in [4.78, 5) is 3.83. The number of anilines is 1. The highest BCUT2D eigenvalue weighted by molar-refractivity contribution is 5.66. The minimum absolute atomic E-state index is 0.205. The summed E-state index contributed by atoms with van der Waals surface area (Å²) in [6.45, 7) is -0.526. The maximum atomic E-state index is 10.2. The third-order valence-corrected chi connectivity index (χ3v) is 3.67. The van der Waals surface area contributed by atoms with Crippen molar-refractivity contribution in [1.29, 1.82) is 5.26 Å². The van der Waals surface area contributed by atoms with Gasteiger partial charge in [-0.25, -0.2) is 9.50 Å². The second kappa shape index (κ2) is 4.64. The molecule has 0 bridgehead atoms. The van der Waals surface area contributed by atoms with Gasteiger partial charge in [-0.2, -0.15) is 10.4 Å². The molecule has 2 aromatic heterocycles. The Morgan fingerprint density at radius 1 is 1.52 bits per heavy atom. The fraction of sp³-hybridized carbons (Fsp3) is 0.417. The van der Waals surface area contributed by atoms with Gasteiger partial charge < -0.3 is 25.8 Å². The van der Waals surface area contributed by atoms with Crippen molar-refractivity contribution in [2.45, 2.75) is 23.9 Å². The minimum atomic E-state index is -1.85. The Bertz CT molecular complexity index is 726. The number of ether oxygens (including phenoxy) is 1. The molecule has 9 heteroatoms. The van der Waals surface area contributed by atoms with E-state index in [9.17, 15) is 20.6 Å². The molecule has 1 aliphatic rings. The third-order valence-electron chi connectivity index (χ3n) is 3.67. The first-order valence-corrected chi connectivity index (χ1v) is 6.20. The van der Waals surface area contributed by atoms with E-state index < -0.39 is 30.5 Å². The number of nitriles is 1. The van der Waals surface area contributed by atoms with E-state index in [4.69, 9.17) is 10.5 Å². The standard InChI is InChI=1S/C12H13N5O4/c13-4-12(10(20)9(19)7(3-18)21-12)8-2-1-6-11(14)15-5-16-17(6)8/h1-2,5,7,9-10,18-20H,3H2,(H2,14,15,16)/t7-,9-,10-,12+/m1/s1/i11+2. The van der Waals surface area contributed by atoms with Gasteiger partial charge in [0, 0.05) is 0 Å². The lowest BCUT2D eigenvalue weighted by Gasteiger charge is -2.24. The number of aromatic nitrogens is 3. The van der Waals surface area contributed by atoms with Crippen molar-refractivity contribution in [3.05, 3.63) is 24.2 Å². The molecule has 0 amide bonds. The highest BCUT2D eigenvalue weighted by atomic mass is 16.6. The lowest BCUT2D eigenvalue weighted by Crippen LogP contribution is -2.40. The van der Waals surface area contributed by atoms with Crippen LogP contribution in [-0.4, -0.2) is 54.8 Å². The van der Waals surface area contributed by atoms with Crippen LogP contribution < -0.4 is 5.73 Å². The van der Waals surface area contributed by atoms with Crippen molar-refractivity contribution in [2.24, 2.45) is 0 Å². The van der Waals surface area contributed by atoms with E-state index in [1.165, 1.54) is 16.9 Å². The van der Waals surface area contributed by atoms with Gasteiger partial charge in [0.05, 0.1) is 12.3 Å². The summed E-state index contributed by atoms with van der Waals surface area (Å²) in [7, 11) is 0. The Morgan fingerprint density at radius 2 is 2.29 bits per heavy atom. The van der Waals surface area contributed by atoms with Crippen molar-refractivity contribution in [2.75, 3.05) is 12.3 Å². The van der Waals surface area contributed by atoms with Crippen LogP contribution in [0.25, 0.3) is 5.52 Å². The van der Waals surface area contributed by atoms with Crippen LogP contribution in [-0.2, 0) is 10.3 Å². The van der Waals surface area contributed by atoms with E-state index in [0.29, 0.717) is 5.52 Å². The van der Waals surface area contributed by atoms with E-state index in [2.05, 4.69) is 10.1 Å². The molecule has 5 N–H and O–H groups in total. The van der Waals surface area contributed by atoms with Gasteiger partial charge in [-0.3, -0.25) is 0 Å². The molecule has 0 spiro atoms. The number of nitrogens with two attached hydrogens (primary N) is 1. The average Bonchev–Trinajstić information content (AvgIpc) is 3.03. The van der Waals surface area contributed by atoms with Crippen molar-refractivity contribution in [3.63, 3.8) is 0 Å². The smallest absolute Gasteiger partial charge is 0.225 e. The zero-order valence-electron chi connectivity index (χ0n) is 10.8. The minimum Gasteiger partial charge on any atom is -0.394 e. The summed E-state index contributed by atoms with van der Waals surface area (Å²) in [5.41, 5.74) is 4.52. The zero-order valence-corrected chi connectivity index (χ0v) is 10.8. The first-order valence-electron chi connectivity index (χ1n) is 6.20. The van der Waals surface area contributed by atoms with Gasteiger partial charge in [-0.1, -0.05) is 0 Å². The molecule has 110 valence electrons. The third kappa shape index (κ3) is 1.71. The molecule has 21 heavy (non-hydrogen) atoms. The molecular formula is C12H13N5O4. The molecular weight excluding hydrogens is 280 g/mol. The van der Waals surface area contributed by atoms with Crippen LogP contribution >= 0.6 is 0 Å². The monoisotopic (exact) mass is 293 g/mol. The molecule has 0 radical (unpaired) electrons. The molecule has 2 aromatic rings. The van der Waals surface area contributed by atoms with E-state index in [0.717, 1.165) is 0 Å². The average molecular weight is 293 g/mol. The Labute approximate surface area is 118 Å². The molecule has 3 rings (SSSR count). The van der Waals surface area contributed by atoms with Crippen molar-refractivity contribution in [3.8, 4) is 6.07 Å². The van der Waals surface area contributed by atoms with Crippen LogP contribution in [0.15, 0.2) is 18.5 Å². The summed E-state index contributed by atoms with van der Waals surface area (Å²) in [5.74, 6) is 0.205. The number of rotatable bonds is 2. The predicted molar refractivity (Wildman–Crippen MR) is 68.7 cm³/mol. The molecule has 0 saturated carbocycles. The zero-order chi connectivity index (χ0) is 15.2. The molecule has 4 atom stereocenters. The predicted octanol–water partition coefficient (Wildman–Crippen LogP) is -1.86. The van der Waals surface area contributed by atoms with E-state index in [1.54, 1.807) is 6.07 Å². The van der Waals surface area contributed by atoms with Gasteiger partial charge in [-0.15, -0.1) is 0 Å². The van der Waals surface area contributed by atoms with Gasteiger partial charge in [0.15, 0.2) is 5.82 Å². The molecule has 0 aromatic carbocycles. The van der Waals surface area contributed by atoms with Crippen molar-refractivity contribution in [1.82, 2.24) is 14.6 Å². The summed E-state index contributed by atoms with van der Waals surface area (Å²) < 4.78 is 6.75. The highest BCUT2D eigenvalue weighted by Gasteiger charge is 2.57. The number of nitrogen functional groups attached to an aromatic ring is 1. The summed E-state index contributed by atoms with van der Waals surface area (Å²) in [6.07, 6.45) is -2.78. The summed E-state index contributed by atoms with van der Waals surface area (Å²) in [6, 6.07) is 4.97. The highest BCUT2D eigenvalue weighted by Crippen LogP contribution is 2.40. The van der Waals surface area contributed by atoms with Crippen molar-refractivity contribution < 1.29 is 20.1 Å². The topological polar surface area (TPSA) is 150 Å². The Hall–Kier alpha value is -2.25. The molecule has 9 nitrogen and oxygen atoms in total. The Balaban J connectivity index is 2.20. The van der Waals surface area contributed by atoms with Crippen LogP contribution in [0, 0.1) is 11.3 Å². The van der Waals surface area contributed by atoms with Crippen LogP contribution in [0.3, 0.4) is 0 Å². The number of hydrogen-bond donors (Lipinski definition) is 4. The van der Waals surface area contributed by atoms with Crippen LogP contribution in [0.2, 0.25) is 0 Å². The lowest BCUT2D eigenvalue weighted by atomic mass is 9.92. The molecule has 1 aliphatic heterocycles. The number of hydrogen-bond acceptors (Lipinski definition) is 8. The van der Waals surface area contributed by atoms with Crippen LogP contribution in [0.1, 0.15) is 5.69 Å². The normalized spacial score (nSPS) is 32.4. The number of fused-ring (bicyclic) bond motifs is 1. The largest absolute Gasteiger partial charge is 0.394 e. The van der Waals surface area contributed by atoms with E-state index in [1.807, 2.05) is 6.07 Å².